The summed E-state index contributed by atoms with van der Waals surface area (Å²) in [5, 5.41) is 3.45. The fraction of sp³-hybridized carbons (Fsp3) is 0.500. The van der Waals surface area contributed by atoms with E-state index in [4.69, 9.17) is 4.79 Å². The third-order valence-corrected chi connectivity index (χ3v) is 0.556. The smallest absolute Gasteiger partial charge is 0.126 e. The molecule has 11 heavy (non-hydrogen) atoms. The summed E-state index contributed by atoms with van der Waals surface area (Å²) in [4.78, 5) is 8.81. The quantitative estimate of drug-likeness (QED) is 0.542. The Labute approximate surface area is 67.4 Å². The maximum Gasteiger partial charge on any atom is 0.126 e. The highest BCUT2D eigenvalue weighted by atomic mass is 16.5. The fourth-order valence-corrected chi connectivity index (χ4v) is 0.258. The van der Waals surface area contributed by atoms with E-state index in [0.717, 1.165) is 11.8 Å². The van der Waals surface area contributed by atoms with Crippen LogP contribution in [0.3, 0.4) is 0 Å². The van der Waals surface area contributed by atoms with Crippen molar-refractivity contribution in [1.82, 2.24) is 5.16 Å². The van der Waals surface area contributed by atoms with Crippen LogP contribution < -0.4 is 0 Å². The number of aldehydes is 1. The maximum atomic E-state index is 8.81. The molecule has 0 spiro atoms. The summed E-state index contributed by atoms with van der Waals surface area (Å²) >= 11 is 0. The molecule has 0 saturated carbocycles. The lowest BCUT2D eigenvalue weighted by molar-refractivity contribution is -0.106. The highest BCUT2D eigenvalue weighted by Crippen LogP contribution is 1.88. The highest BCUT2D eigenvalue weighted by molar-refractivity contribution is 5.44. The zero-order chi connectivity index (χ0) is 9.11. The van der Waals surface area contributed by atoms with Gasteiger partial charge in [0, 0.05) is 5.56 Å². The van der Waals surface area contributed by atoms with Gasteiger partial charge >= 0.3 is 0 Å². The van der Waals surface area contributed by atoms with E-state index in [1.807, 2.05) is 20.8 Å². The Morgan fingerprint density at radius 1 is 1.55 bits per heavy atom. The van der Waals surface area contributed by atoms with Gasteiger partial charge < -0.3 is 9.32 Å². The minimum Gasteiger partial charge on any atom is -0.365 e. The van der Waals surface area contributed by atoms with Gasteiger partial charge in [-0.2, -0.15) is 0 Å². The van der Waals surface area contributed by atoms with E-state index in [2.05, 4.69) is 9.68 Å². The number of aromatic nitrogens is 1. The van der Waals surface area contributed by atoms with E-state index in [9.17, 15) is 0 Å². The van der Waals surface area contributed by atoms with E-state index in [1.54, 1.807) is 12.5 Å². The topological polar surface area (TPSA) is 43.1 Å². The van der Waals surface area contributed by atoms with E-state index < -0.39 is 0 Å². The number of hydrogen-bond acceptors (Lipinski definition) is 3. The van der Waals surface area contributed by atoms with Crippen LogP contribution in [0.1, 0.15) is 26.3 Å². The first-order valence-corrected chi connectivity index (χ1v) is 3.57. The van der Waals surface area contributed by atoms with E-state index in [0.29, 0.717) is 0 Å². The zero-order valence-corrected chi connectivity index (χ0v) is 7.50. The first-order chi connectivity index (χ1) is 5.31. The van der Waals surface area contributed by atoms with Gasteiger partial charge in [0.05, 0.1) is 6.20 Å². The lowest BCUT2D eigenvalue weighted by Crippen LogP contribution is -1.50. The number of aryl methyl sites for hydroxylation is 1. The average Bonchev–Trinajstić information content (AvgIpc) is 2.46. The molecule has 0 aliphatic rings. The average molecular weight is 157 g/mol. The molecule has 0 aromatic carbocycles. The van der Waals surface area contributed by atoms with Crippen molar-refractivity contribution in [2.24, 2.45) is 0 Å². The van der Waals surface area contributed by atoms with Gasteiger partial charge in [0.15, 0.2) is 0 Å². The van der Waals surface area contributed by atoms with E-state index in [1.165, 1.54) is 6.92 Å². The molecule has 1 heterocycles. The van der Waals surface area contributed by atoms with Crippen LogP contribution in [0.25, 0.3) is 0 Å². The molecule has 0 unspecified atom stereocenters. The van der Waals surface area contributed by atoms with Crippen LogP contribution in [0.15, 0.2) is 17.0 Å². The molecule has 1 aromatic rings. The SMILES string of the molecule is CC.CC=O.Cc1cnoc1. The van der Waals surface area contributed by atoms with Crippen LogP contribution in [0, 0.1) is 6.92 Å². The van der Waals surface area contributed by atoms with Crippen LogP contribution in [0.5, 0.6) is 0 Å². The number of carbonyl (C=O) groups excluding carboxylic acids is 1. The second-order valence-electron chi connectivity index (χ2n) is 1.44. The summed E-state index contributed by atoms with van der Waals surface area (Å²) < 4.78 is 4.46. The molecular formula is C8H15NO2. The van der Waals surface area contributed by atoms with Crippen molar-refractivity contribution >= 4 is 6.29 Å². The van der Waals surface area contributed by atoms with Gasteiger partial charge in [-0.3, -0.25) is 0 Å². The summed E-state index contributed by atoms with van der Waals surface area (Å²) in [6, 6.07) is 0. The molecule has 1 aromatic heterocycles. The Morgan fingerprint density at radius 3 is 2.09 bits per heavy atom. The molecule has 0 amide bonds. The minimum absolute atomic E-state index is 0.750. The third kappa shape index (κ3) is 12.2. The van der Waals surface area contributed by atoms with Crippen molar-refractivity contribution in [2.45, 2.75) is 27.7 Å². The van der Waals surface area contributed by atoms with Crippen LogP contribution >= 0.6 is 0 Å². The summed E-state index contributed by atoms with van der Waals surface area (Å²) in [5.41, 5.74) is 1.06. The molecule has 0 saturated heterocycles. The normalized spacial score (nSPS) is 6.55. The predicted molar refractivity (Wildman–Crippen MR) is 44.3 cm³/mol. The molecule has 0 radical (unpaired) electrons. The molecule has 0 fully saturated rings. The van der Waals surface area contributed by atoms with Crippen molar-refractivity contribution < 1.29 is 9.32 Å². The standard InChI is InChI=1S/C4H5NO.C2H4O.C2H6/c1-4-2-5-6-3-4;1-2-3;1-2/h2-3H,1H3;2H,1H3;1-2H3. The lowest BCUT2D eigenvalue weighted by atomic mass is 10.4. The zero-order valence-electron chi connectivity index (χ0n) is 7.50. The molecule has 0 N–H and O–H groups in total. The minimum atomic E-state index is 0.750. The van der Waals surface area contributed by atoms with Crippen LogP contribution in [-0.4, -0.2) is 11.4 Å². The van der Waals surface area contributed by atoms with Crippen molar-refractivity contribution in [2.75, 3.05) is 0 Å². The van der Waals surface area contributed by atoms with Crippen LogP contribution in [-0.2, 0) is 4.79 Å². The summed E-state index contributed by atoms with van der Waals surface area (Å²) in [7, 11) is 0. The third-order valence-electron chi connectivity index (χ3n) is 0.556. The molecule has 1 rings (SSSR count). The molecule has 3 heteroatoms. The first-order valence-electron chi connectivity index (χ1n) is 3.57. The second kappa shape index (κ2) is 11.6. The van der Waals surface area contributed by atoms with Gasteiger partial charge in [0.2, 0.25) is 0 Å². The Kier molecular flexibility index (Phi) is 13.3. The molecule has 0 bridgehead atoms. The fourth-order valence-electron chi connectivity index (χ4n) is 0.258. The van der Waals surface area contributed by atoms with E-state index in [-0.39, 0.29) is 0 Å². The Hall–Kier alpha value is -1.12. The van der Waals surface area contributed by atoms with Gasteiger partial charge in [-0.25, -0.2) is 0 Å². The van der Waals surface area contributed by atoms with Gasteiger partial charge in [-0.15, -0.1) is 0 Å². The van der Waals surface area contributed by atoms with Gasteiger partial charge in [-0.1, -0.05) is 19.0 Å². The summed E-state index contributed by atoms with van der Waals surface area (Å²) in [5.74, 6) is 0. The second-order valence-corrected chi connectivity index (χ2v) is 1.44. The largest absolute Gasteiger partial charge is 0.365 e. The lowest BCUT2D eigenvalue weighted by Gasteiger charge is -1.60. The summed E-state index contributed by atoms with van der Waals surface area (Å²) in [6.45, 7) is 7.37. The number of rotatable bonds is 0. The number of carbonyl (C=O) groups is 1. The molecule has 0 atom stereocenters. The van der Waals surface area contributed by atoms with Crippen LogP contribution in [0.2, 0.25) is 0 Å². The first kappa shape index (κ1) is 12.5. The predicted octanol–water partition coefficient (Wildman–Crippen LogP) is 2.21. The molecule has 3 nitrogen and oxygen atoms in total. The maximum absolute atomic E-state index is 8.81. The summed E-state index contributed by atoms with van der Waals surface area (Å²) in [6.07, 6.45) is 4.01. The number of nitrogens with zero attached hydrogens (tertiary/aromatic N) is 1. The van der Waals surface area contributed by atoms with Gasteiger partial charge in [0.1, 0.15) is 12.5 Å². The molecule has 0 aliphatic carbocycles. The Balaban J connectivity index is 0. The molecular weight excluding hydrogens is 142 g/mol. The molecule has 0 aliphatic heterocycles. The van der Waals surface area contributed by atoms with Crippen molar-refractivity contribution in [3.8, 4) is 0 Å². The molecule has 64 valence electrons. The van der Waals surface area contributed by atoms with Gasteiger partial charge in [0.25, 0.3) is 0 Å². The Bertz CT molecular complexity index is 147. The van der Waals surface area contributed by atoms with Crippen molar-refractivity contribution in [3.63, 3.8) is 0 Å². The number of hydrogen-bond donors (Lipinski definition) is 0. The van der Waals surface area contributed by atoms with Gasteiger partial charge in [-0.05, 0) is 13.8 Å². The monoisotopic (exact) mass is 157 g/mol. The van der Waals surface area contributed by atoms with Crippen molar-refractivity contribution in [1.29, 1.82) is 0 Å². The van der Waals surface area contributed by atoms with Crippen LogP contribution in [0.4, 0.5) is 0 Å². The Morgan fingerprint density at radius 2 is 2.00 bits per heavy atom. The van der Waals surface area contributed by atoms with Crippen molar-refractivity contribution in [3.05, 3.63) is 18.0 Å². The highest BCUT2D eigenvalue weighted by Gasteiger charge is 1.77. The van der Waals surface area contributed by atoms with E-state index >= 15 is 0 Å².